The van der Waals surface area contributed by atoms with Crippen LogP contribution in [0.1, 0.15) is 24.0 Å². The number of anilines is 1. The van der Waals surface area contributed by atoms with Crippen molar-refractivity contribution in [3.8, 4) is 5.75 Å². The lowest BCUT2D eigenvalue weighted by Crippen LogP contribution is -2.32. The van der Waals surface area contributed by atoms with E-state index in [-0.39, 0.29) is 12.3 Å². The minimum absolute atomic E-state index is 0.0159. The molecule has 0 aliphatic carbocycles. The summed E-state index contributed by atoms with van der Waals surface area (Å²) in [5.41, 5.74) is 2.06. The lowest BCUT2D eigenvalue weighted by Gasteiger charge is -2.19. The van der Waals surface area contributed by atoms with Gasteiger partial charge in [-0.05, 0) is 48.2 Å². The Morgan fingerprint density at radius 2 is 2.13 bits per heavy atom. The zero-order valence-corrected chi connectivity index (χ0v) is 17.3. The number of fused-ring (bicyclic) bond motifs is 1. The zero-order chi connectivity index (χ0) is 21.3. The Morgan fingerprint density at radius 1 is 1.27 bits per heavy atom. The molecule has 3 rings (SSSR count). The number of carbonyl (C=O) groups is 2. The number of benzene rings is 1. The fourth-order valence-corrected chi connectivity index (χ4v) is 3.47. The van der Waals surface area contributed by atoms with Gasteiger partial charge >= 0.3 is 5.97 Å². The quantitative estimate of drug-likeness (QED) is 0.384. The highest BCUT2D eigenvalue weighted by molar-refractivity contribution is 5.84. The van der Waals surface area contributed by atoms with E-state index >= 15 is 0 Å². The maximum atomic E-state index is 12.6. The molecule has 1 unspecified atom stereocenters. The van der Waals surface area contributed by atoms with Gasteiger partial charge in [-0.25, -0.2) is 9.78 Å². The topological polar surface area (TPSA) is 90.0 Å². The summed E-state index contributed by atoms with van der Waals surface area (Å²) in [5.74, 6) is 0.515. The molecule has 0 spiro atoms. The molecular weight excluding hydrogens is 386 g/mol. The first-order valence-electron chi connectivity index (χ1n) is 9.95. The van der Waals surface area contributed by atoms with Crippen molar-refractivity contribution < 1.29 is 24.1 Å². The summed E-state index contributed by atoms with van der Waals surface area (Å²) in [5, 5.41) is 3.25. The molecule has 30 heavy (non-hydrogen) atoms. The number of hydrogen-bond acceptors (Lipinski definition) is 7. The first-order valence-corrected chi connectivity index (χ1v) is 9.95. The van der Waals surface area contributed by atoms with E-state index in [2.05, 4.69) is 20.1 Å². The number of amides is 1. The maximum Gasteiger partial charge on any atom is 0.343 e. The van der Waals surface area contributed by atoms with Gasteiger partial charge in [-0.1, -0.05) is 12.1 Å². The van der Waals surface area contributed by atoms with Crippen LogP contribution < -0.4 is 10.1 Å². The molecule has 2 aromatic rings. The summed E-state index contributed by atoms with van der Waals surface area (Å²) < 4.78 is 5.88. The lowest BCUT2D eigenvalue weighted by molar-refractivity contribution is -0.255. The van der Waals surface area contributed by atoms with Crippen molar-refractivity contribution in [3.63, 3.8) is 0 Å². The van der Waals surface area contributed by atoms with Gasteiger partial charge in [-0.15, -0.1) is 0 Å². The van der Waals surface area contributed by atoms with Crippen molar-refractivity contribution in [1.29, 1.82) is 0 Å². The molecule has 8 heteroatoms. The Balaban J connectivity index is 1.55. The Morgan fingerprint density at radius 3 is 2.90 bits per heavy atom. The number of ether oxygens (including phenoxy) is 1. The van der Waals surface area contributed by atoms with E-state index in [1.807, 2.05) is 36.4 Å². The number of nitrogens with zero attached hydrogens (tertiary/aromatic N) is 2. The lowest BCUT2D eigenvalue weighted by atomic mass is 9.94. The maximum absolute atomic E-state index is 12.6. The molecule has 0 radical (unpaired) electrons. The summed E-state index contributed by atoms with van der Waals surface area (Å²) in [7, 11) is 3.01. The number of pyridine rings is 1. The number of hydrogen-bond donors (Lipinski definition) is 1. The van der Waals surface area contributed by atoms with Crippen LogP contribution in [0.4, 0.5) is 5.82 Å². The van der Waals surface area contributed by atoms with Gasteiger partial charge < -0.3 is 15.0 Å². The van der Waals surface area contributed by atoms with Crippen LogP contribution in [-0.4, -0.2) is 49.1 Å². The van der Waals surface area contributed by atoms with Crippen LogP contribution in [0.25, 0.3) is 0 Å². The SMILES string of the molecule is COOC(=O)CC1Cc2ccc(OCCCNc3ccccn3)cc2CN(C)C1=O. The normalized spacial score (nSPS) is 15.9. The fraction of sp³-hybridized carbons (Fsp3) is 0.409. The second-order valence-corrected chi connectivity index (χ2v) is 7.20. The average Bonchev–Trinajstić information content (AvgIpc) is 2.85. The van der Waals surface area contributed by atoms with E-state index in [0.29, 0.717) is 19.6 Å². The van der Waals surface area contributed by atoms with Gasteiger partial charge in [0.05, 0.1) is 26.1 Å². The third-order valence-corrected chi connectivity index (χ3v) is 4.93. The second kappa shape index (κ2) is 10.6. The molecule has 1 aliphatic rings. The number of nitrogens with one attached hydrogen (secondary N) is 1. The first kappa shape index (κ1) is 21.6. The van der Waals surface area contributed by atoms with Crippen LogP contribution >= 0.6 is 0 Å². The van der Waals surface area contributed by atoms with Gasteiger partial charge in [0.2, 0.25) is 5.91 Å². The van der Waals surface area contributed by atoms with E-state index < -0.39 is 11.9 Å². The Bertz CT molecular complexity index is 859. The highest BCUT2D eigenvalue weighted by Gasteiger charge is 2.30. The Hall–Kier alpha value is -3.13. The third kappa shape index (κ3) is 5.93. The monoisotopic (exact) mass is 413 g/mol. The number of aromatic nitrogens is 1. The molecule has 1 aromatic carbocycles. The van der Waals surface area contributed by atoms with Crippen molar-refractivity contribution in [1.82, 2.24) is 9.88 Å². The highest BCUT2D eigenvalue weighted by atomic mass is 17.2. The van der Waals surface area contributed by atoms with Gasteiger partial charge in [-0.3, -0.25) is 9.68 Å². The predicted octanol–water partition coefficient (Wildman–Crippen LogP) is 2.59. The molecule has 160 valence electrons. The van der Waals surface area contributed by atoms with Gasteiger partial charge in [0.15, 0.2) is 0 Å². The van der Waals surface area contributed by atoms with Crippen molar-refractivity contribution in [2.75, 3.05) is 32.6 Å². The Labute approximate surface area is 176 Å². The van der Waals surface area contributed by atoms with Gasteiger partial charge in [0.25, 0.3) is 0 Å². The Kier molecular flexibility index (Phi) is 7.62. The molecule has 2 heterocycles. The average molecular weight is 413 g/mol. The molecule has 0 bridgehead atoms. The van der Waals surface area contributed by atoms with E-state index in [0.717, 1.165) is 35.7 Å². The summed E-state index contributed by atoms with van der Waals surface area (Å²) in [6, 6.07) is 11.6. The van der Waals surface area contributed by atoms with Crippen LogP contribution in [0, 0.1) is 5.92 Å². The molecule has 1 amide bonds. The smallest absolute Gasteiger partial charge is 0.343 e. The summed E-state index contributed by atoms with van der Waals surface area (Å²) in [4.78, 5) is 39.2. The van der Waals surface area contributed by atoms with E-state index in [4.69, 9.17) is 4.74 Å². The molecular formula is C22H27N3O5. The minimum Gasteiger partial charge on any atom is -0.494 e. The van der Waals surface area contributed by atoms with Gasteiger partial charge in [0, 0.05) is 26.3 Å². The van der Waals surface area contributed by atoms with Gasteiger partial charge in [0.1, 0.15) is 11.6 Å². The van der Waals surface area contributed by atoms with E-state index in [1.54, 1.807) is 18.1 Å². The van der Waals surface area contributed by atoms with E-state index in [1.165, 1.54) is 7.11 Å². The third-order valence-electron chi connectivity index (χ3n) is 4.93. The zero-order valence-electron chi connectivity index (χ0n) is 17.3. The second-order valence-electron chi connectivity index (χ2n) is 7.20. The number of rotatable bonds is 9. The number of carbonyl (C=O) groups excluding carboxylic acids is 2. The summed E-state index contributed by atoms with van der Waals surface area (Å²) in [6.07, 6.45) is 3.04. The van der Waals surface area contributed by atoms with Crippen molar-refractivity contribution in [2.24, 2.45) is 5.92 Å². The van der Waals surface area contributed by atoms with Crippen molar-refractivity contribution in [3.05, 3.63) is 53.7 Å². The minimum atomic E-state index is -0.549. The van der Waals surface area contributed by atoms with Crippen LogP contribution in [-0.2, 0) is 32.3 Å². The van der Waals surface area contributed by atoms with Crippen LogP contribution in [0.3, 0.4) is 0 Å². The highest BCUT2D eigenvalue weighted by Crippen LogP contribution is 2.27. The van der Waals surface area contributed by atoms with E-state index in [9.17, 15) is 9.59 Å². The van der Waals surface area contributed by atoms with Crippen LogP contribution in [0.15, 0.2) is 42.6 Å². The van der Waals surface area contributed by atoms with Crippen molar-refractivity contribution >= 4 is 17.7 Å². The first-order chi connectivity index (χ1) is 14.6. The summed E-state index contributed by atoms with van der Waals surface area (Å²) in [6.45, 7) is 1.81. The molecule has 0 saturated carbocycles. The standard InChI is InChI=1S/C22H27N3O5/c1-25-15-18-13-19(29-11-5-10-24-20-6-3-4-9-23-20)8-7-16(18)12-17(22(25)27)14-21(26)30-28-2/h3-4,6-9,13,17H,5,10-12,14-15H2,1-2H3,(H,23,24). The van der Waals surface area contributed by atoms with Crippen LogP contribution in [0.2, 0.25) is 0 Å². The predicted molar refractivity (Wildman–Crippen MR) is 111 cm³/mol. The molecule has 1 atom stereocenters. The molecule has 8 nitrogen and oxygen atoms in total. The van der Waals surface area contributed by atoms with Crippen LogP contribution in [0.5, 0.6) is 5.75 Å². The van der Waals surface area contributed by atoms with Crippen molar-refractivity contribution in [2.45, 2.75) is 25.8 Å². The van der Waals surface area contributed by atoms with Gasteiger partial charge in [-0.2, -0.15) is 4.89 Å². The molecule has 0 fully saturated rings. The summed E-state index contributed by atoms with van der Waals surface area (Å²) >= 11 is 0. The fourth-order valence-electron chi connectivity index (χ4n) is 3.47. The molecule has 1 N–H and O–H groups in total. The molecule has 0 saturated heterocycles. The molecule has 1 aliphatic heterocycles. The largest absolute Gasteiger partial charge is 0.494 e. The molecule has 1 aromatic heterocycles.